The van der Waals surface area contributed by atoms with Crippen molar-refractivity contribution in [2.24, 2.45) is 4.99 Å². The summed E-state index contributed by atoms with van der Waals surface area (Å²) < 4.78 is 31.9. The number of nitrogens with zero attached hydrogens (tertiary/aromatic N) is 1. The molecule has 2 aromatic rings. The summed E-state index contributed by atoms with van der Waals surface area (Å²) in [7, 11) is 1.51. The van der Waals surface area contributed by atoms with Gasteiger partial charge in [0.2, 0.25) is 0 Å². The summed E-state index contributed by atoms with van der Waals surface area (Å²) in [6, 6.07) is 10.0. The zero-order valence-corrected chi connectivity index (χ0v) is 10.8. The molecule has 0 aromatic heterocycles. The molecule has 0 aliphatic rings. The first kappa shape index (κ1) is 14.1. The summed E-state index contributed by atoms with van der Waals surface area (Å²) >= 11 is 0. The van der Waals surface area contributed by atoms with E-state index in [2.05, 4.69) is 4.99 Å². The molecule has 0 aliphatic heterocycles. The van der Waals surface area contributed by atoms with Gasteiger partial charge in [-0.2, -0.15) is 0 Å². The van der Waals surface area contributed by atoms with Gasteiger partial charge >= 0.3 is 0 Å². The Kier molecular flexibility index (Phi) is 4.42. The first-order valence-corrected chi connectivity index (χ1v) is 5.91. The van der Waals surface area contributed by atoms with Crippen LogP contribution in [-0.4, -0.2) is 24.7 Å². The van der Waals surface area contributed by atoms with Crippen molar-refractivity contribution in [3.05, 3.63) is 65.2 Å². The summed E-state index contributed by atoms with van der Waals surface area (Å²) in [5.74, 6) is -0.823. The second kappa shape index (κ2) is 6.25. The number of aliphatic hydroxyl groups excluding tert-OH is 1. The largest absolute Gasteiger partial charge is 0.497 e. The standard InChI is InChI=1S/C15H13F2NO2/c1-20-12-4-2-3-10(7-12)15(18-9-19)13-6-5-11(16)8-14(13)17/h2-8,19H,9H2,1H3. The fourth-order valence-electron chi connectivity index (χ4n) is 1.85. The van der Waals surface area contributed by atoms with Crippen LogP contribution in [0.1, 0.15) is 11.1 Å². The molecule has 0 spiro atoms. The van der Waals surface area contributed by atoms with E-state index in [0.717, 1.165) is 12.1 Å². The Hall–Kier alpha value is -2.27. The molecule has 0 aliphatic carbocycles. The number of halogens is 2. The van der Waals surface area contributed by atoms with E-state index < -0.39 is 18.4 Å². The van der Waals surface area contributed by atoms with Gasteiger partial charge in [-0.25, -0.2) is 8.78 Å². The SMILES string of the molecule is COc1cccc(C(=NCO)c2ccc(F)cc2F)c1. The van der Waals surface area contributed by atoms with Crippen LogP contribution < -0.4 is 4.74 Å². The molecule has 0 unspecified atom stereocenters. The molecule has 0 saturated heterocycles. The Morgan fingerprint density at radius 3 is 2.65 bits per heavy atom. The molecule has 2 rings (SSSR count). The zero-order valence-electron chi connectivity index (χ0n) is 10.8. The average molecular weight is 277 g/mol. The number of hydrogen-bond donors (Lipinski definition) is 1. The second-order valence-corrected chi connectivity index (χ2v) is 4.00. The molecule has 0 heterocycles. The highest BCUT2D eigenvalue weighted by Gasteiger charge is 2.13. The Bertz CT molecular complexity index is 642. The van der Waals surface area contributed by atoms with Crippen molar-refractivity contribution in [2.75, 3.05) is 13.8 Å². The van der Waals surface area contributed by atoms with Crippen molar-refractivity contribution in [1.82, 2.24) is 0 Å². The van der Waals surface area contributed by atoms with Crippen molar-refractivity contribution < 1.29 is 18.6 Å². The van der Waals surface area contributed by atoms with Crippen molar-refractivity contribution in [1.29, 1.82) is 0 Å². The van der Waals surface area contributed by atoms with E-state index >= 15 is 0 Å². The number of aliphatic imine (C=N–C) groups is 1. The first-order valence-electron chi connectivity index (χ1n) is 5.91. The third-order valence-electron chi connectivity index (χ3n) is 2.76. The predicted octanol–water partition coefficient (Wildman–Crippen LogP) is 2.76. The molecule has 0 amide bonds. The minimum Gasteiger partial charge on any atom is -0.497 e. The number of benzene rings is 2. The summed E-state index contributed by atoms with van der Waals surface area (Å²) in [4.78, 5) is 3.88. The molecule has 0 fully saturated rings. The third-order valence-corrected chi connectivity index (χ3v) is 2.76. The summed E-state index contributed by atoms with van der Waals surface area (Å²) in [6.45, 7) is -0.497. The highest BCUT2D eigenvalue weighted by atomic mass is 19.1. The van der Waals surface area contributed by atoms with Crippen LogP contribution in [0.15, 0.2) is 47.5 Å². The smallest absolute Gasteiger partial charge is 0.135 e. The highest BCUT2D eigenvalue weighted by Crippen LogP contribution is 2.19. The van der Waals surface area contributed by atoms with Crippen LogP contribution in [0, 0.1) is 11.6 Å². The van der Waals surface area contributed by atoms with Crippen LogP contribution in [-0.2, 0) is 0 Å². The van der Waals surface area contributed by atoms with Crippen LogP contribution in [0.4, 0.5) is 8.78 Å². The number of hydrogen-bond acceptors (Lipinski definition) is 3. The van der Waals surface area contributed by atoms with Gasteiger partial charge in [-0.1, -0.05) is 12.1 Å². The molecule has 2 aromatic carbocycles. The molecular weight excluding hydrogens is 264 g/mol. The average Bonchev–Trinajstić information content (AvgIpc) is 2.45. The van der Waals surface area contributed by atoms with E-state index in [1.165, 1.54) is 13.2 Å². The van der Waals surface area contributed by atoms with E-state index in [1.54, 1.807) is 24.3 Å². The van der Waals surface area contributed by atoms with Gasteiger partial charge in [0.25, 0.3) is 0 Å². The van der Waals surface area contributed by atoms with Crippen LogP contribution in [0.3, 0.4) is 0 Å². The topological polar surface area (TPSA) is 41.8 Å². The number of rotatable bonds is 4. The summed E-state index contributed by atoms with van der Waals surface area (Å²) in [5.41, 5.74) is 0.932. The van der Waals surface area contributed by atoms with Crippen molar-refractivity contribution in [3.8, 4) is 5.75 Å². The van der Waals surface area contributed by atoms with E-state index in [0.29, 0.717) is 11.3 Å². The van der Waals surface area contributed by atoms with Gasteiger partial charge in [0.15, 0.2) is 0 Å². The monoisotopic (exact) mass is 277 g/mol. The predicted molar refractivity (Wildman–Crippen MR) is 72.1 cm³/mol. The Morgan fingerprint density at radius 1 is 1.20 bits per heavy atom. The van der Waals surface area contributed by atoms with Crippen LogP contribution in [0.25, 0.3) is 0 Å². The Balaban J connectivity index is 2.53. The molecule has 0 atom stereocenters. The van der Waals surface area contributed by atoms with Gasteiger partial charge in [0, 0.05) is 17.2 Å². The van der Waals surface area contributed by atoms with Crippen molar-refractivity contribution in [3.63, 3.8) is 0 Å². The Labute approximate surface area is 115 Å². The number of methoxy groups -OCH3 is 1. The molecular formula is C15H13F2NO2. The molecule has 104 valence electrons. The van der Waals surface area contributed by atoms with Crippen LogP contribution >= 0.6 is 0 Å². The lowest BCUT2D eigenvalue weighted by Crippen LogP contribution is -2.08. The van der Waals surface area contributed by atoms with E-state index in [-0.39, 0.29) is 11.3 Å². The molecule has 3 nitrogen and oxygen atoms in total. The third kappa shape index (κ3) is 3.00. The van der Waals surface area contributed by atoms with Gasteiger partial charge in [-0.05, 0) is 24.3 Å². The quantitative estimate of drug-likeness (QED) is 0.873. The minimum absolute atomic E-state index is 0.119. The maximum absolute atomic E-state index is 13.9. The lowest BCUT2D eigenvalue weighted by Gasteiger charge is -2.09. The molecule has 0 bridgehead atoms. The molecule has 5 heteroatoms. The summed E-state index contributed by atoms with van der Waals surface area (Å²) in [6.07, 6.45) is 0. The summed E-state index contributed by atoms with van der Waals surface area (Å²) in [5, 5.41) is 9.02. The number of ether oxygens (including phenoxy) is 1. The van der Waals surface area contributed by atoms with Gasteiger partial charge in [0.05, 0.1) is 12.8 Å². The zero-order chi connectivity index (χ0) is 14.5. The maximum Gasteiger partial charge on any atom is 0.135 e. The van der Waals surface area contributed by atoms with E-state index in [1.807, 2.05) is 0 Å². The lowest BCUT2D eigenvalue weighted by atomic mass is 10.0. The number of aliphatic hydroxyl groups is 1. The fourth-order valence-corrected chi connectivity index (χ4v) is 1.85. The first-order chi connectivity index (χ1) is 9.65. The maximum atomic E-state index is 13.9. The van der Waals surface area contributed by atoms with Gasteiger partial charge in [0.1, 0.15) is 24.1 Å². The van der Waals surface area contributed by atoms with Gasteiger partial charge in [-0.3, -0.25) is 4.99 Å². The molecule has 20 heavy (non-hydrogen) atoms. The minimum atomic E-state index is -0.736. The van der Waals surface area contributed by atoms with Crippen LogP contribution in [0.5, 0.6) is 5.75 Å². The van der Waals surface area contributed by atoms with Gasteiger partial charge in [-0.15, -0.1) is 0 Å². The van der Waals surface area contributed by atoms with E-state index in [4.69, 9.17) is 9.84 Å². The fraction of sp³-hybridized carbons (Fsp3) is 0.133. The molecule has 0 saturated carbocycles. The van der Waals surface area contributed by atoms with Crippen molar-refractivity contribution >= 4 is 5.71 Å². The normalized spacial score (nSPS) is 11.5. The van der Waals surface area contributed by atoms with Crippen LogP contribution in [0.2, 0.25) is 0 Å². The van der Waals surface area contributed by atoms with Gasteiger partial charge < -0.3 is 9.84 Å². The molecule has 1 N–H and O–H groups in total. The Morgan fingerprint density at radius 2 is 2.00 bits per heavy atom. The molecule has 0 radical (unpaired) electrons. The lowest BCUT2D eigenvalue weighted by molar-refractivity contribution is 0.309. The highest BCUT2D eigenvalue weighted by molar-refractivity contribution is 6.13. The second-order valence-electron chi connectivity index (χ2n) is 4.00. The van der Waals surface area contributed by atoms with Crippen molar-refractivity contribution in [2.45, 2.75) is 0 Å². The van der Waals surface area contributed by atoms with E-state index in [9.17, 15) is 8.78 Å².